The molecule has 3 heterocycles. The van der Waals surface area contributed by atoms with Crippen LogP contribution in [0, 0.1) is 5.82 Å². The zero-order valence-electron chi connectivity index (χ0n) is 17.9. The molecule has 5 rings (SSSR count). The van der Waals surface area contributed by atoms with Gasteiger partial charge in [0.1, 0.15) is 23.9 Å². The van der Waals surface area contributed by atoms with Crippen LogP contribution in [0.25, 0.3) is 0 Å². The number of methoxy groups -OCH3 is 1. The summed E-state index contributed by atoms with van der Waals surface area (Å²) in [5.74, 6) is 0.517. The van der Waals surface area contributed by atoms with Crippen molar-refractivity contribution in [2.45, 2.75) is 12.5 Å². The van der Waals surface area contributed by atoms with E-state index >= 15 is 0 Å². The zero-order valence-corrected chi connectivity index (χ0v) is 17.9. The molecule has 1 saturated heterocycles. The summed E-state index contributed by atoms with van der Waals surface area (Å²) in [6, 6.07) is 13.9. The van der Waals surface area contributed by atoms with Crippen molar-refractivity contribution in [3.8, 4) is 5.75 Å². The number of carbonyl (C=O) groups excluding carboxylic acids is 1. The second kappa shape index (κ2) is 8.58. The molecule has 1 atom stereocenters. The Balaban J connectivity index is 1.17. The van der Waals surface area contributed by atoms with E-state index in [-0.39, 0.29) is 17.8 Å². The number of fused-ring (bicyclic) bond motifs is 1. The summed E-state index contributed by atoms with van der Waals surface area (Å²) in [6.07, 6.45) is 2.18. The lowest BCUT2D eigenvalue weighted by atomic mass is 10.0. The van der Waals surface area contributed by atoms with Gasteiger partial charge in [0.05, 0.1) is 19.5 Å². The van der Waals surface area contributed by atoms with Gasteiger partial charge in [-0.05, 0) is 54.1 Å². The maximum atomic E-state index is 13.2. The van der Waals surface area contributed by atoms with Crippen LogP contribution in [0.15, 0.2) is 58.7 Å². The van der Waals surface area contributed by atoms with Crippen molar-refractivity contribution in [2.24, 2.45) is 10.2 Å². The van der Waals surface area contributed by atoms with Crippen LogP contribution >= 0.6 is 0 Å². The van der Waals surface area contributed by atoms with Crippen LogP contribution in [0.1, 0.15) is 12.0 Å². The van der Waals surface area contributed by atoms with E-state index in [9.17, 15) is 9.18 Å². The largest absolute Gasteiger partial charge is 0.497 e. The van der Waals surface area contributed by atoms with E-state index in [1.54, 1.807) is 35.6 Å². The Bertz CT molecular complexity index is 1030. The standard InChI is InChI=1S/C23H25FN6O2/c1-32-20-8-2-17(3-9-20)21-14-22-23(31)30(25-15-29(22)26-21)16-27-10-12-28(13-11-27)19-6-4-18(24)5-7-19/h2-9,15,22H,10-14,16H2,1H3. The molecule has 1 amide bonds. The highest BCUT2D eigenvalue weighted by molar-refractivity contribution is 6.06. The first kappa shape index (κ1) is 20.4. The minimum atomic E-state index is -0.356. The molecule has 0 radical (unpaired) electrons. The summed E-state index contributed by atoms with van der Waals surface area (Å²) in [5.41, 5.74) is 2.86. The van der Waals surface area contributed by atoms with Gasteiger partial charge in [0.2, 0.25) is 0 Å². The summed E-state index contributed by atoms with van der Waals surface area (Å²) in [4.78, 5) is 17.5. The maximum Gasteiger partial charge on any atom is 0.269 e. The van der Waals surface area contributed by atoms with Crippen molar-refractivity contribution >= 4 is 23.6 Å². The van der Waals surface area contributed by atoms with Crippen molar-refractivity contribution < 1.29 is 13.9 Å². The predicted octanol–water partition coefficient (Wildman–Crippen LogP) is 2.18. The van der Waals surface area contributed by atoms with Crippen LogP contribution in [-0.2, 0) is 4.79 Å². The summed E-state index contributed by atoms with van der Waals surface area (Å²) in [6.45, 7) is 3.70. The molecule has 0 N–H and O–H groups in total. The Kier molecular flexibility index (Phi) is 5.48. The van der Waals surface area contributed by atoms with Gasteiger partial charge in [-0.1, -0.05) is 0 Å². The molecule has 1 fully saturated rings. The number of benzene rings is 2. The average Bonchev–Trinajstić information content (AvgIpc) is 3.27. The second-order valence-electron chi connectivity index (χ2n) is 8.07. The first-order chi connectivity index (χ1) is 15.6. The number of carbonyl (C=O) groups is 1. The number of piperazine rings is 1. The van der Waals surface area contributed by atoms with Gasteiger partial charge in [0.25, 0.3) is 5.91 Å². The molecule has 0 saturated carbocycles. The Morgan fingerprint density at radius 1 is 1.03 bits per heavy atom. The first-order valence-corrected chi connectivity index (χ1v) is 10.7. The fraction of sp³-hybridized carbons (Fsp3) is 0.348. The van der Waals surface area contributed by atoms with Crippen molar-refractivity contribution in [2.75, 3.05) is 44.9 Å². The quantitative estimate of drug-likeness (QED) is 0.719. The molecular formula is C23H25FN6O2. The Morgan fingerprint density at radius 3 is 2.44 bits per heavy atom. The van der Waals surface area contributed by atoms with E-state index in [0.717, 1.165) is 48.9 Å². The van der Waals surface area contributed by atoms with E-state index in [0.29, 0.717) is 13.1 Å². The maximum absolute atomic E-state index is 13.2. The van der Waals surface area contributed by atoms with Gasteiger partial charge in [-0.25, -0.2) is 14.4 Å². The second-order valence-corrected chi connectivity index (χ2v) is 8.07. The highest BCUT2D eigenvalue weighted by Gasteiger charge is 2.39. The molecule has 32 heavy (non-hydrogen) atoms. The van der Waals surface area contributed by atoms with Gasteiger partial charge in [-0.3, -0.25) is 9.69 Å². The lowest BCUT2D eigenvalue weighted by Gasteiger charge is -2.38. The SMILES string of the molecule is COc1ccc(C2=NN3C=NN(CN4CCN(c5ccc(F)cc5)CC4)C(=O)C3C2)cc1. The minimum absolute atomic E-state index is 0.0410. The number of halogens is 1. The van der Waals surface area contributed by atoms with Crippen LogP contribution < -0.4 is 9.64 Å². The molecule has 0 aliphatic carbocycles. The number of hydrogen-bond donors (Lipinski definition) is 0. The number of nitrogens with zero attached hydrogens (tertiary/aromatic N) is 6. The van der Waals surface area contributed by atoms with Crippen LogP contribution in [0.4, 0.5) is 10.1 Å². The third-order valence-electron chi connectivity index (χ3n) is 6.11. The summed E-state index contributed by atoms with van der Waals surface area (Å²) in [5, 5.41) is 12.1. The Morgan fingerprint density at radius 2 is 1.75 bits per heavy atom. The third-order valence-corrected chi connectivity index (χ3v) is 6.11. The summed E-state index contributed by atoms with van der Waals surface area (Å²) >= 11 is 0. The number of amides is 1. The highest BCUT2D eigenvalue weighted by Crippen LogP contribution is 2.25. The van der Waals surface area contributed by atoms with E-state index in [1.807, 2.05) is 24.3 Å². The lowest BCUT2D eigenvalue weighted by Crippen LogP contribution is -2.54. The first-order valence-electron chi connectivity index (χ1n) is 10.7. The molecule has 8 nitrogen and oxygen atoms in total. The molecule has 2 aromatic rings. The van der Waals surface area contributed by atoms with E-state index in [4.69, 9.17) is 4.74 Å². The van der Waals surface area contributed by atoms with Crippen molar-refractivity contribution in [3.05, 3.63) is 59.9 Å². The van der Waals surface area contributed by atoms with Gasteiger partial charge in [-0.2, -0.15) is 10.2 Å². The number of hydrazone groups is 2. The zero-order chi connectivity index (χ0) is 22.1. The lowest BCUT2D eigenvalue weighted by molar-refractivity contribution is -0.138. The third kappa shape index (κ3) is 4.03. The van der Waals surface area contributed by atoms with Crippen LogP contribution in [0.3, 0.4) is 0 Å². The normalized spacial score (nSPS) is 21.1. The molecule has 3 aliphatic heterocycles. The van der Waals surface area contributed by atoms with E-state index in [1.165, 1.54) is 12.1 Å². The Labute approximate surface area is 186 Å². The molecule has 3 aliphatic rings. The minimum Gasteiger partial charge on any atom is -0.497 e. The molecule has 0 aromatic heterocycles. The molecule has 2 aromatic carbocycles. The smallest absolute Gasteiger partial charge is 0.269 e. The van der Waals surface area contributed by atoms with Gasteiger partial charge in [0, 0.05) is 38.3 Å². The van der Waals surface area contributed by atoms with Crippen molar-refractivity contribution in [1.82, 2.24) is 14.9 Å². The molecule has 0 spiro atoms. The summed E-state index contributed by atoms with van der Waals surface area (Å²) < 4.78 is 18.4. The fourth-order valence-electron chi connectivity index (χ4n) is 4.23. The average molecular weight is 436 g/mol. The van der Waals surface area contributed by atoms with Crippen molar-refractivity contribution in [3.63, 3.8) is 0 Å². The fourth-order valence-corrected chi connectivity index (χ4v) is 4.23. The topological polar surface area (TPSA) is 64.0 Å². The van der Waals surface area contributed by atoms with Crippen LogP contribution in [0.5, 0.6) is 5.75 Å². The molecule has 0 bridgehead atoms. The van der Waals surface area contributed by atoms with E-state index < -0.39 is 0 Å². The molecule has 1 unspecified atom stereocenters. The van der Waals surface area contributed by atoms with Gasteiger partial charge in [-0.15, -0.1) is 0 Å². The number of rotatable bonds is 5. The van der Waals surface area contributed by atoms with Crippen LogP contribution in [0.2, 0.25) is 0 Å². The number of anilines is 1. The monoisotopic (exact) mass is 436 g/mol. The number of hydrogen-bond acceptors (Lipinski definition) is 7. The predicted molar refractivity (Wildman–Crippen MR) is 120 cm³/mol. The molecule has 166 valence electrons. The molecular weight excluding hydrogens is 411 g/mol. The Hall–Kier alpha value is -3.46. The van der Waals surface area contributed by atoms with E-state index in [2.05, 4.69) is 20.0 Å². The van der Waals surface area contributed by atoms with Gasteiger partial charge < -0.3 is 9.64 Å². The highest BCUT2D eigenvalue weighted by atomic mass is 19.1. The van der Waals surface area contributed by atoms with Gasteiger partial charge >= 0.3 is 0 Å². The molecule has 9 heteroatoms. The van der Waals surface area contributed by atoms with Gasteiger partial charge in [0.15, 0.2) is 0 Å². The van der Waals surface area contributed by atoms with Crippen LogP contribution in [-0.4, -0.2) is 78.9 Å². The summed E-state index contributed by atoms with van der Waals surface area (Å²) in [7, 11) is 1.63. The number of ether oxygens (including phenoxy) is 1. The van der Waals surface area contributed by atoms with Crippen molar-refractivity contribution in [1.29, 1.82) is 0 Å².